The Morgan fingerprint density at radius 2 is 1.40 bits per heavy atom. The molecule has 4 heteroatoms. The van der Waals surface area contributed by atoms with Gasteiger partial charge in [-0.2, -0.15) is 10.5 Å². The van der Waals surface area contributed by atoms with Gasteiger partial charge in [-0.1, -0.05) is 103 Å². The lowest BCUT2D eigenvalue weighted by Gasteiger charge is -2.42. The average molecular weight is 455 g/mol. The molecule has 35 heavy (non-hydrogen) atoms. The molecule has 4 aromatic rings. The topological polar surface area (TPSA) is 84.9 Å². The third kappa shape index (κ3) is 3.57. The lowest BCUT2D eigenvalue weighted by Crippen LogP contribution is -2.42. The van der Waals surface area contributed by atoms with E-state index < -0.39 is 17.3 Å². The van der Waals surface area contributed by atoms with Gasteiger partial charge in [-0.05, 0) is 21.9 Å². The first-order chi connectivity index (χ1) is 17.1. The molecule has 1 aliphatic rings. The van der Waals surface area contributed by atoms with E-state index in [9.17, 15) is 20.4 Å². The number of Topliss-reactive ketones (excluding diaryl/α,β-unsaturated/α-hetero) is 1. The summed E-state index contributed by atoms with van der Waals surface area (Å²) in [5.74, 6) is -2.05. The Morgan fingerprint density at radius 1 is 0.800 bits per heavy atom. The molecule has 1 fully saturated rings. The highest BCUT2D eigenvalue weighted by Crippen LogP contribution is 2.57. The summed E-state index contributed by atoms with van der Waals surface area (Å²) >= 11 is 0. The van der Waals surface area contributed by atoms with Gasteiger partial charge in [0.25, 0.3) is 0 Å². The standard InChI is InChI=1S/C31H22N2O2/c32-19-31(20-33)26(22-11-3-1-4-12-22)18-27(34)28(30(35)23-13-5-2-6-14-23)29(31)25-17-9-15-21-10-7-8-16-24(21)25/h1-17,26,29,35H,18H2/b30-28-/t26-,29+/m0/s1. The quantitative estimate of drug-likeness (QED) is 0.276. The lowest BCUT2D eigenvalue weighted by molar-refractivity contribution is -0.118. The second-order valence-corrected chi connectivity index (χ2v) is 8.81. The Balaban J connectivity index is 1.87. The number of hydrogen-bond donors (Lipinski definition) is 1. The molecule has 0 aliphatic heterocycles. The Kier molecular flexibility index (Phi) is 5.65. The number of fused-ring (bicyclic) bond motifs is 1. The first kappa shape index (κ1) is 22.1. The van der Waals surface area contributed by atoms with Gasteiger partial charge in [0.15, 0.2) is 11.2 Å². The largest absolute Gasteiger partial charge is 0.507 e. The van der Waals surface area contributed by atoms with E-state index in [0.29, 0.717) is 11.1 Å². The molecule has 0 amide bonds. The Morgan fingerprint density at radius 3 is 2.09 bits per heavy atom. The van der Waals surface area contributed by atoms with Crippen LogP contribution in [0.15, 0.2) is 109 Å². The van der Waals surface area contributed by atoms with Gasteiger partial charge in [0.2, 0.25) is 0 Å². The van der Waals surface area contributed by atoms with Gasteiger partial charge in [0.1, 0.15) is 5.76 Å². The molecule has 2 atom stereocenters. The molecule has 4 aromatic carbocycles. The predicted molar refractivity (Wildman–Crippen MR) is 135 cm³/mol. The van der Waals surface area contributed by atoms with Crippen molar-refractivity contribution in [1.29, 1.82) is 10.5 Å². The molecule has 1 aliphatic carbocycles. The number of nitriles is 2. The molecule has 0 unspecified atom stereocenters. The molecule has 168 valence electrons. The zero-order valence-electron chi connectivity index (χ0n) is 18.9. The van der Waals surface area contributed by atoms with Crippen molar-refractivity contribution in [3.8, 4) is 12.1 Å². The van der Waals surface area contributed by atoms with Crippen molar-refractivity contribution in [3.63, 3.8) is 0 Å². The summed E-state index contributed by atoms with van der Waals surface area (Å²) in [6.45, 7) is 0. The molecule has 0 radical (unpaired) electrons. The van der Waals surface area contributed by atoms with Gasteiger partial charge >= 0.3 is 0 Å². The highest BCUT2D eigenvalue weighted by atomic mass is 16.3. The van der Waals surface area contributed by atoms with E-state index in [1.807, 2.05) is 78.9 Å². The van der Waals surface area contributed by atoms with Gasteiger partial charge in [-0.15, -0.1) is 0 Å². The summed E-state index contributed by atoms with van der Waals surface area (Å²) in [7, 11) is 0. The summed E-state index contributed by atoms with van der Waals surface area (Å²) < 4.78 is 0. The van der Waals surface area contributed by atoms with Crippen LogP contribution >= 0.6 is 0 Å². The van der Waals surface area contributed by atoms with Crippen molar-refractivity contribution in [3.05, 3.63) is 125 Å². The molecule has 0 bridgehead atoms. The maximum absolute atomic E-state index is 13.8. The van der Waals surface area contributed by atoms with Crippen LogP contribution in [0, 0.1) is 28.1 Å². The predicted octanol–water partition coefficient (Wildman–Crippen LogP) is 6.68. The summed E-state index contributed by atoms with van der Waals surface area (Å²) in [5, 5.41) is 34.5. The van der Waals surface area contributed by atoms with Crippen LogP contribution in [0.4, 0.5) is 0 Å². The number of benzene rings is 4. The van der Waals surface area contributed by atoms with E-state index in [2.05, 4.69) is 12.1 Å². The zero-order valence-corrected chi connectivity index (χ0v) is 18.9. The van der Waals surface area contributed by atoms with Crippen LogP contribution in [0.25, 0.3) is 16.5 Å². The zero-order chi connectivity index (χ0) is 24.4. The Labute approximate surface area is 204 Å². The lowest BCUT2D eigenvalue weighted by atomic mass is 9.55. The van der Waals surface area contributed by atoms with Gasteiger partial charge in [0.05, 0.1) is 12.1 Å². The first-order valence-electron chi connectivity index (χ1n) is 11.5. The number of rotatable bonds is 3. The number of allylic oxidation sites excluding steroid dienone is 1. The minimum absolute atomic E-state index is 0.0430. The van der Waals surface area contributed by atoms with Gasteiger partial charge in [0, 0.05) is 29.4 Å². The second kappa shape index (κ2) is 8.93. The van der Waals surface area contributed by atoms with Crippen LogP contribution in [0.2, 0.25) is 0 Å². The van der Waals surface area contributed by atoms with Crippen LogP contribution < -0.4 is 0 Å². The SMILES string of the molecule is N#CC1(C#N)[C@H](c2ccccc2)CC(=O)/C(=C(/O)c2ccccc2)[C@H]1c1cccc2ccccc12. The molecule has 0 saturated heterocycles. The second-order valence-electron chi connectivity index (χ2n) is 8.81. The van der Waals surface area contributed by atoms with Crippen LogP contribution in [0.5, 0.6) is 0 Å². The van der Waals surface area contributed by atoms with Gasteiger partial charge in [-0.3, -0.25) is 4.79 Å². The van der Waals surface area contributed by atoms with Crippen molar-refractivity contribution < 1.29 is 9.90 Å². The fraction of sp³-hybridized carbons (Fsp3) is 0.129. The fourth-order valence-corrected chi connectivity index (χ4v) is 5.35. The van der Waals surface area contributed by atoms with Crippen LogP contribution in [-0.2, 0) is 4.79 Å². The van der Waals surface area contributed by atoms with E-state index in [4.69, 9.17) is 0 Å². The molecule has 0 aromatic heterocycles. The number of nitrogens with zero attached hydrogens (tertiary/aromatic N) is 2. The molecule has 0 heterocycles. The number of carbonyl (C=O) groups excluding carboxylic acids is 1. The maximum atomic E-state index is 13.8. The van der Waals surface area contributed by atoms with E-state index in [1.54, 1.807) is 24.3 Å². The number of ketones is 1. The van der Waals surface area contributed by atoms with Gasteiger partial charge in [-0.25, -0.2) is 0 Å². The van der Waals surface area contributed by atoms with Crippen molar-refractivity contribution >= 4 is 22.3 Å². The van der Waals surface area contributed by atoms with E-state index in [-0.39, 0.29) is 23.5 Å². The maximum Gasteiger partial charge on any atom is 0.164 e. The van der Waals surface area contributed by atoms with E-state index >= 15 is 0 Å². The molecule has 1 N–H and O–H groups in total. The first-order valence-corrected chi connectivity index (χ1v) is 11.5. The smallest absolute Gasteiger partial charge is 0.164 e. The minimum atomic E-state index is -1.61. The summed E-state index contributed by atoms with van der Waals surface area (Å²) in [5.41, 5.74) is 0.411. The van der Waals surface area contributed by atoms with Crippen LogP contribution in [0.3, 0.4) is 0 Å². The van der Waals surface area contributed by atoms with Crippen molar-refractivity contribution in [2.45, 2.75) is 18.3 Å². The molecule has 0 spiro atoms. The normalized spacial score (nSPS) is 20.6. The van der Waals surface area contributed by atoms with Crippen LogP contribution in [-0.4, -0.2) is 10.9 Å². The van der Waals surface area contributed by atoms with Crippen LogP contribution in [0.1, 0.15) is 34.9 Å². The molecular weight excluding hydrogens is 432 g/mol. The monoisotopic (exact) mass is 454 g/mol. The fourth-order valence-electron chi connectivity index (χ4n) is 5.35. The molecule has 4 nitrogen and oxygen atoms in total. The van der Waals surface area contributed by atoms with E-state index in [0.717, 1.165) is 16.3 Å². The highest BCUT2D eigenvalue weighted by Gasteiger charge is 2.56. The molecule has 5 rings (SSSR count). The average Bonchev–Trinajstić information content (AvgIpc) is 2.93. The number of carbonyl (C=O) groups is 1. The number of aliphatic hydroxyl groups excluding tert-OH is 1. The van der Waals surface area contributed by atoms with Crippen molar-refractivity contribution in [2.24, 2.45) is 5.41 Å². The number of hydrogen-bond acceptors (Lipinski definition) is 4. The Bertz CT molecular complexity index is 1510. The Hall–Kier alpha value is -4.67. The summed E-state index contributed by atoms with van der Waals surface area (Å²) in [6, 6.07) is 36.1. The third-order valence-corrected chi connectivity index (χ3v) is 6.99. The van der Waals surface area contributed by atoms with Crippen molar-refractivity contribution in [1.82, 2.24) is 0 Å². The highest BCUT2D eigenvalue weighted by molar-refractivity contribution is 6.06. The third-order valence-electron chi connectivity index (χ3n) is 6.99. The van der Waals surface area contributed by atoms with E-state index in [1.165, 1.54) is 0 Å². The summed E-state index contributed by atoms with van der Waals surface area (Å²) in [6.07, 6.45) is -0.0430. The van der Waals surface area contributed by atoms with Gasteiger partial charge < -0.3 is 5.11 Å². The summed E-state index contributed by atoms with van der Waals surface area (Å²) in [4.78, 5) is 13.8. The molecular formula is C31H22N2O2. The van der Waals surface area contributed by atoms with Crippen molar-refractivity contribution in [2.75, 3.05) is 0 Å². The molecule has 1 saturated carbocycles. The minimum Gasteiger partial charge on any atom is -0.507 e. The number of aliphatic hydroxyl groups is 1.